The molecule has 3 aromatic carbocycles. The molecule has 2 fully saturated rings. The average Bonchev–Trinajstić information content (AvgIpc) is 3.54. The molecule has 14 nitrogen and oxygen atoms in total. The molecule has 8 heterocycles. The minimum absolute atomic E-state index is 0.00777. The summed E-state index contributed by atoms with van der Waals surface area (Å²) in [6.07, 6.45) is 0.730. The summed E-state index contributed by atoms with van der Waals surface area (Å²) in [4.78, 5) is 31.7. The Kier molecular flexibility index (Phi) is 8.04. The molecule has 54 heavy (non-hydrogen) atoms. The molecule has 0 radical (unpaired) electrons. The number of rotatable bonds is 3. The number of carbonyl (C=O) groups excluding carboxylic acids is 2. The third kappa shape index (κ3) is 4.74. The fourth-order valence-electron chi connectivity index (χ4n) is 10.1. The first kappa shape index (κ1) is 35.3. The van der Waals surface area contributed by atoms with E-state index in [4.69, 9.17) is 28.4 Å². The Hall–Kier alpha value is -4.41. The molecule has 0 amide bonds. The number of hydrogen-bond donors (Lipinski definition) is 4. The summed E-state index contributed by atoms with van der Waals surface area (Å²) in [6.45, 7) is 5.44. The molecule has 15 heteroatoms. The van der Waals surface area contributed by atoms with Crippen molar-refractivity contribution in [3.8, 4) is 40.2 Å². The molecule has 8 aliphatic rings. The largest absolute Gasteiger partial charge is 0.504 e. The van der Waals surface area contributed by atoms with Crippen LogP contribution >= 0.6 is 11.8 Å². The van der Waals surface area contributed by atoms with Gasteiger partial charge in [-0.15, -0.1) is 11.8 Å². The first-order valence-corrected chi connectivity index (χ1v) is 19.1. The zero-order valence-corrected chi connectivity index (χ0v) is 31.7. The van der Waals surface area contributed by atoms with Crippen LogP contribution in [0.3, 0.4) is 0 Å². The molecule has 3 aromatic rings. The van der Waals surface area contributed by atoms with Crippen LogP contribution in [0.5, 0.6) is 40.2 Å². The average molecular weight is 762 g/mol. The molecule has 2 saturated heterocycles. The summed E-state index contributed by atoms with van der Waals surface area (Å²) < 4.78 is 36.0. The van der Waals surface area contributed by atoms with E-state index in [0.717, 1.165) is 16.7 Å². The lowest BCUT2D eigenvalue weighted by Crippen LogP contribution is -2.70. The Balaban J connectivity index is 1.33. The number of likely N-dealkylation sites (N-methyl/N-ethyl adjacent to an activating group) is 1. The topological polar surface area (TPSA) is 169 Å². The van der Waals surface area contributed by atoms with E-state index < -0.39 is 46.6 Å². The van der Waals surface area contributed by atoms with Crippen molar-refractivity contribution >= 4 is 23.7 Å². The van der Waals surface area contributed by atoms with Crippen molar-refractivity contribution < 1.29 is 53.3 Å². The summed E-state index contributed by atoms with van der Waals surface area (Å²) in [5, 5.41) is 38.8. The molecule has 8 aliphatic heterocycles. The molecule has 1 spiro atoms. The van der Waals surface area contributed by atoms with Crippen LogP contribution < -0.4 is 29.0 Å². The lowest BCUT2D eigenvalue weighted by molar-refractivity contribution is -0.215. The summed E-state index contributed by atoms with van der Waals surface area (Å²) in [5.74, 6) is 0.890. The fraction of sp³-hybridized carbons (Fsp3) is 0.487. The van der Waals surface area contributed by atoms with Crippen molar-refractivity contribution in [1.29, 1.82) is 0 Å². The second-order valence-electron chi connectivity index (χ2n) is 15.1. The van der Waals surface area contributed by atoms with Gasteiger partial charge in [0.1, 0.15) is 18.1 Å². The smallest absolute Gasteiger partial charge is 0.331 e. The zero-order valence-electron chi connectivity index (χ0n) is 30.9. The van der Waals surface area contributed by atoms with Gasteiger partial charge in [-0.2, -0.15) is 0 Å². The molecule has 1 unspecified atom stereocenters. The number of hydrogen-bond acceptors (Lipinski definition) is 15. The van der Waals surface area contributed by atoms with Gasteiger partial charge in [0.2, 0.25) is 6.79 Å². The van der Waals surface area contributed by atoms with E-state index >= 15 is 0 Å². The minimum Gasteiger partial charge on any atom is -0.504 e. The lowest BCUT2D eigenvalue weighted by atomic mass is 9.78. The van der Waals surface area contributed by atoms with Crippen molar-refractivity contribution in [2.24, 2.45) is 0 Å². The highest BCUT2D eigenvalue weighted by Gasteiger charge is 2.63. The molecule has 286 valence electrons. The number of methoxy groups -OCH3 is 2. The van der Waals surface area contributed by atoms with E-state index in [1.165, 1.54) is 32.9 Å². The number of fused-ring (bicyclic) bond motifs is 6. The quantitative estimate of drug-likeness (QED) is 0.226. The van der Waals surface area contributed by atoms with Gasteiger partial charge in [0.15, 0.2) is 40.0 Å². The summed E-state index contributed by atoms with van der Waals surface area (Å²) in [6, 6.07) is 3.43. The summed E-state index contributed by atoms with van der Waals surface area (Å²) in [7, 11) is 4.92. The number of esters is 2. The Morgan fingerprint density at radius 1 is 1.02 bits per heavy atom. The van der Waals surface area contributed by atoms with Gasteiger partial charge < -0.3 is 43.7 Å². The van der Waals surface area contributed by atoms with E-state index in [1.54, 1.807) is 12.1 Å². The summed E-state index contributed by atoms with van der Waals surface area (Å²) >= 11 is 1.47. The van der Waals surface area contributed by atoms with Gasteiger partial charge >= 0.3 is 11.9 Å². The predicted molar refractivity (Wildman–Crippen MR) is 195 cm³/mol. The lowest BCUT2D eigenvalue weighted by Gasteiger charge is -2.60. The van der Waals surface area contributed by atoms with Gasteiger partial charge in [-0.3, -0.25) is 19.9 Å². The number of nitrogens with zero attached hydrogens (tertiary/aromatic N) is 2. The van der Waals surface area contributed by atoms with E-state index in [-0.39, 0.29) is 49.4 Å². The molecule has 0 aromatic heterocycles. The van der Waals surface area contributed by atoms with Crippen LogP contribution in [0.2, 0.25) is 0 Å². The zero-order chi connectivity index (χ0) is 38.0. The number of carbonyl (C=O) groups is 2. The number of benzene rings is 3. The Morgan fingerprint density at radius 2 is 1.80 bits per heavy atom. The van der Waals surface area contributed by atoms with Crippen molar-refractivity contribution in [2.45, 2.75) is 68.3 Å². The Bertz CT molecular complexity index is 2150. The maximum absolute atomic E-state index is 14.7. The second-order valence-corrected chi connectivity index (χ2v) is 16.2. The van der Waals surface area contributed by atoms with Crippen LogP contribution in [-0.4, -0.2) is 102 Å². The van der Waals surface area contributed by atoms with E-state index in [1.807, 2.05) is 31.9 Å². The van der Waals surface area contributed by atoms with Crippen LogP contribution in [0.1, 0.15) is 68.8 Å². The number of phenolic OH excluding ortho intramolecular Hbond substituents is 2. The highest BCUT2D eigenvalue weighted by Crippen LogP contribution is 2.65. The van der Waals surface area contributed by atoms with Crippen LogP contribution in [0.4, 0.5) is 0 Å². The first-order chi connectivity index (χ1) is 25.8. The molecule has 11 rings (SSSR count). The van der Waals surface area contributed by atoms with Gasteiger partial charge in [-0.25, -0.2) is 4.79 Å². The number of aliphatic hydroxyl groups is 1. The molecule has 4 bridgehead atoms. The molecular weight excluding hydrogens is 719 g/mol. The molecule has 7 atom stereocenters. The fourth-order valence-corrected chi connectivity index (χ4v) is 11.8. The summed E-state index contributed by atoms with van der Waals surface area (Å²) in [5.41, 5.74) is 2.60. The molecule has 0 aliphatic carbocycles. The van der Waals surface area contributed by atoms with Crippen molar-refractivity contribution in [1.82, 2.24) is 15.1 Å². The molecule has 4 N–H and O–H groups in total. The normalized spacial score (nSPS) is 30.4. The number of aryl methyl sites for hydroxylation is 1. The van der Waals surface area contributed by atoms with E-state index in [0.29, 0.717) is 63.8 Å². The highest BCUT2D eigenvalue weighted by atomic mass is 32.2. The third-order valence-electron chi connectivity index (χ3n) is 12.1. The second kappa shape index (κ2) is 12.3. The van der Waals surface area contributed by atoms with Crippen LogP contribution in [0, 0.1) is 13.8 Å². The van der Waals surface area contributed by atoms with Gasteiger partial charge in [0.05, 0.1) is 31.6 Å². The third-order valence-corrected chi connectivity index (χ3v) is 13.6. The van der Waals surface area contributed by atoms with E-state index in [9.17, 15) is 24.9 Å². The Morgan fingerprint density at radius 3 is 2.54 bits per heavy atom. The van der Waals surface area contributed by atoms with Crippen molar-refractivity contribution in [3.05, 3.63) is 62.7 Å². The van der Waals surface area contributed by atoms with Crippen molar-refractivity contribution in [2.75, 3.05) is 53.5 Å². The number of ether oxygens (including phenoxy) is 6. The maximum atomic E-state index is 14.7. The number of thioether (sulfide) groups is 1. The highest BCUT2D eigenvalue weighted by molar-refractivity contribution is 7.99. The van der Waals surface area contributed by atoms with Gasteiger partial charge in [-0.1, -0.05) is 6.07 Å². The van der Waals surface area contributed by atoms with Gasteiger partial charge in [0, 0.05) is 60.5 Å². The van der Waals surface area contributed by atoms with Gasteiger partial charge in [-0.05, 0) is 61.7 Å². The SMILES string of the molecule is COc1cc2c(cc1O)CCN[C@]21CS[C@@H]2c3c(OC(C)=O)c(C)c4c(c3[C@H](COC1=O)N1[C@@H]2[C@H]2c3c(cc(C)c(OC)c3O)C[C@]1(O)CN2C)OCO4. The maximum Gasteiger partial charge on any atom is 0.331 e. The number of phenols is 2. The monoisotopic (exact) mass is 761 g/mol. The number of nitrogens with one attached hydrogen (secondary N) is 1. The Labute approximate surface area is 316 Å². The van der Waals surface area contributed by atoms with Gasteiger partial charge in [0.25, 0.3) is 0 Å². The number of aromatic hydroxyl groups is 2. The molecular formula is C39H43N3O11S. The van der Waals surface area contributed by atoms with Crippen LogP contribution in [0.25, 0.3) is 0 Å². The predicted octanol–water partition coefficient (Wildman–Crippen LogP) is 3.41. The standard InChI is InChI=1S/C39H43N3O11S/c1-17-9-21-12-38(47)14-41(4)29(26(21)31(45)32(17)49-6)30-36-28-27(35-34(51-16-52-35)18(2)33(28)53-19(3)43)23(42(30)38)13-50-37(46)39(15-54-36)22-11-25(48-5)24(44)10-20(22)7-8-40-39/h9-11,23,29-30,36,40,44-45,47H,7-8,12-16H2,1-6H3/t23-,29+,30+,36+,38-,39+/m0/s1. The molecule has 0 saturated carbocycles. The minimum atomic E-state index is -1.52. The van der Waals surface area contributed by atoms with Crippen LogP contribution in [-0.2, 0) is 32.7 Å². The van der Waals surface area contributed by atoms with Crippen molar-refractivity contribution in [3.63, 3.8) is 0 Å². The van der Waals surface area contributed by atoms with E-state index in [2.05, 4.69) is 10.2 Å². The van der Waals surface area contributed by atoms with Crippen LogP contribution in [0.15, 0.2) is 18.2 Å². The number of piperazine rings is 1. The first-order valence-electron chi connectivity index (χ1n) is 18.0.